The lowest BCUT2D eigenvalue weighted by Crippen LogP contribution is -2.49. The molecule has 98 valence electrons. The van der Waals surface area contributed by atoms with E-state index in [1.54, 1.807) is 11.9 Å². The third-order valence-electron chi connectivity index (χ3n) is 3.34. The van der Waals surface area contributed by atoms with Crippen LogP contribution in [0, 0.1) is 5.41 Å². The van der Waals surface area contributed by atoms with Crippen molar-refractivity contribution in [3.8, 4) is 0 Å². The van der Waals surface area contributed by atoms with Crippen LogP contribution in [0.3, 0.4) is 0 Å². The Hall–Kier alpha value is -1.10. The molecule has 0 radical (unpaired) electrons. The lowest BCUT2D eigenvalue weighted by Gasteiger charge is -2.36. The average molecular weight is 242 g/mol. The zero-order valence-corrected chi connectivity index (χ0v) is 10.7. The first kappa shape index (κ1) is 14.0. The van der Waals surface area contributed by atoms with Gasteiger partial charge in [-0.3, -0.25) is 9.59 Å². The molecule has 1 heterocycles. The highest BCUT2D eigenvalue weighted by Crippen LogP contribution is 2.27. The Morgan fingerprint density at radius 3 is 2.71 bits per heavy atom. The van der Waals surface area contributed by atoms with Crippen molar-refractivity contribution in [1.29, 1.82) is 0 Å². The maximum absolute atomic E-state index is 12.2. The molecule has 1 rings (SSSR count). The number of rotatable bonds is 5. The van der Waals surface area contributed by atoms with Gasteiger partial charge in [0.25, 0.3) is 0 Å². The summed E-state index contributed by atoms with van der Waals surface area (Å²) in [6, 6.07) is 0. The van der Waals surface area contributed by atoms with Crippen molar-refractivity contribution in [2.45, 2.75) is 32.6 Å². The number of piperidine rings is 1. The van der Waals surface area contributed by atoms with Crippen molar-refractivity contribution in [3.63, 3.8) is 0 Å². The normalized spacial score (nSPS) is 24.4. The highest BCUT2D eigenvalue weighted by Gasteiger charge is 2.36. The second kappa shape index (κ2) is 6.00. The Balaban J connectivity index is 2.42. The van der Waals surface area contributed by atoms with E-state index in [1.807, 2.05) is 6.92 Å². The first-order valence-corrected chi connectivity index (χ1v) is 6.14. The highest BCUT2D eigenvalue weighted by atomic mass is 16.4. The van der Waals surface area contributed by atoms with Crippen LogP contribution in [-0.2, 0) is 9.59 Å². The molecule has 17 heavy (non-hydrogen) atoms. The predicted molar refractivity (Wildman–Crippen MR) is 64.7 cm³/mol. The summed E-state index contributed by atoms with van der Waals surface area (Å²) in [5, 5.41) is 11.8. The SMILES string of the molecule is CN(CCCC(=O)O)C(=O)C1(C)CCCNC1. The summed E-state index contributed by atoms with van der Waals surface area (Å²) in [6.45, 7) is 4.19. The van der Waals surface area contributed by atoms with E-state index in [2.05, 4.69) is 5.32 Å². The molecule has 0 spiro atoms. The van der Waals surface area contributed by atoms with E-state index in [0.717, 1.165) is 25.9 Å². The van der Waals surface area contributed by atoms with Crippen LogP contribution in [0.15, 0.2) is 0 Å². The number of carboxylic acids is 1. The Bertz CT molecular complexity index is 285. The van der Waals surface area contributed by atoms with Crippen molar-refractivity contribution in [2.75, 3.05) is 26.7 Å². The topological polar surface area (TPSA) is 69.6 Å². The standard InChI is InChI=1S/C12H22N2O3/c1-12(6-4-7-13-9-12)11(17)14(2)8-3-5-10(15)16/h13H,3-9H2,1-2H3,(H,15,16). The molecule has 1 saturated heterocycles. The fraction of sp³-hybridized carbons (Fsp3) is 0.833. The van der Waals surface area contributed by atoms with Crippen LogP contribution in [0.25, 0.3) is 0 Å². The summed E-state index contributed by atoms with van der Waals surface area (Å²) < 4.78 is 0. The molecule has 1 atom stereocenters. The van der Waals surface area contributed by atoms with Gasteiger partial charge in [-0.2, -0.15) is 0 Å². The second-order valence-corrected chi connectivity index (χ2v) is 5.06. The van der Waals surface area contributed by atoms with Gasteiger partial charge in [0.15, 0.2) is 0 Å². The largest absolute Gasteiger partial charge is 0.481 e. The number of nitrogens with one attached hydrogen (secondary N) is 1. The van der Waals surface area contributed by atoms with E-state index < -0.39 is 5.97 Å². The van der Waals surface area contributed by atoms with Gasteiger partial charge < -0.3 is 15.3 Å². The molecular weight excluding hydrogens is 220 g/mol. The number of carbonyl (C=O) groups is 2. The zero-order valence-electron chi connectivity index (χ0n) is 10.7. The first-order valence-electron chi connectivity index (χ1n) is 6.14. The predicted octanol–water partition coefficient (Wildman–Crippen LogP) is 0.699. The van der Waals surface area contributed by atoms with Crippen LogP contribution >= 0.6 is 0 Å². The van der Waals surface area contributed by atoms with Crippen LogP contribution in [0.4, 0.5) is 0 Å². The van der Waals surface area contributed by atoms with E-state index in [1.165, 1.54) is 0 Å². The highest BCUT2D eigenvalue weighted by molar-refractivity contribution is 5.82. The van der Waals surface area contributed by atoms with Gasteiger partial charge >= 0.3 is 5.97 Å². The monoisotopic (exact) mass is 242 g/mol. The maximum atomic E-state index is 12.2. The summed E-state index contributed by atoms with van der Waals surface area (Å²) in [6.07, 6.45) is 2.56. The fourth-order valence-corrected chi connectivity index (χ4v) is 2.27. The number of amides is 1. The zero-order chi connectivity index (χ0) is 12.9. The quantitative estimate of drug-likeness (QED) is 0.744. The molecular formula is C12H22N2O3. The van der Waals surface area contributed by atoms with Gasteiger partial charge in [0.05, 0.1) is 5.41 Å². The van der Waals surface area contributed by atoms with Crippen molar-refractivity contribution in [3.05, 3.63) is 0 Å². The minimum absolute atomic E-state index is 0.118. The minimum atomic E-state index is -0.809. The molecule has 1 fully saturated rings. The van der Waals surface area contributed by atoms with Gasteiger partial charge in [-0.05, 0) is 32.7 Å². The fourth-order valence-electron chi connectivity index (χ4n) is 2.27. The molecule has 0 aromatic heterocycles. The summed E-state index contributed by atoms with van der Waals surface area (Å²) >= 11 is 0. The third kappa shape index (κ3) is 4.00. The smallest absolute Gasteiger partial charge is 0.303 e. The number of aliphatic carboxylic acids is 1. The van der Waals surface area contributed by atoms with Crippen LogP contribution in [-0.4, -0.2) is 48.6 Å². The van der Waals surface area contributed by atoms with Gasteiger partial charge in [0, 0.05) is 26.6 Å². The Labute approximate surface area is 102 Å². The van der Waals surface area contributed by atoms with Crippen LogP contribution in [0.2, 0.25) is 0 Å². The number of hydrogen-bond acceptors (Lipinski definition) is 3. The van der Waals surface area contributed by atoms with Gasteiger partial charge in [0.2, 0.25) is 5.91 Å². The molecule has 5 heteroatoms. The van der Waals surface area contributed by atoms with E-state index in [9.17, 15) is 9.59 Å². The Kier molecular flexibility index (Phi) is 4.93. The number of hydrogen-bond donors (Lipinski definition) is 2. The molecule has 1 aliphatic rings. The summed E-state index contributed by atoms with van der Waals surface area (Å²) in [4.78, 5) is 24.3. The molecule has 1 aliphatic heterocycles. The molecule has 1 amide bonds. The van der Waals surface area contributed by atoms with E-state index in [0.29, 0.717) is 13.0 Å². The second-order valence-electron chi connectivity index (χ2n) is 5.06. The lowest BCUT2D eigenvalue weighted by molar-refractivity contribution is -0.142. The molecule has 0 aromatic carbocycles. The Morgan fingerprint density at radius 2 is 2.18 bits per heavy atom. The molecule has 1 unspecified atom stereocenters. The molecule has 0 bridgehead atoms. The molecule has 0 saturated carbocycles. The molecule has 5 nitrogen and oxygen atoms in total. The van der Waals surface area contributed by atoms with Crippen molar-refractivity contribution < 1.29 is 14.7 Å². The van der Waals surface area contributed by atoms with Crippen molar-refractivity contribution >= 4 is 11.9 Å². The lowest BCUT2D eigenvalue weighted by atomic mass is 9.81. The van der Waals surface area contributed by atoms with Crippen LogP contribution in [0.1, 0.15) is 32.6 Å². The van der Waals surface area contributed by atoms with Gasteiger partial charge in [-0.15, -0.1) is 0 Å². The average Bonchev–Trinajstić information content (AvgIpc) is 2.28. The maximum Gasteiger partial charge on any atom is 0.303 e. The summed E-state index contributed by atoms with van der Waals surface area (Å²) in [7, 11) is 1.75. The number of nitrogens with zero attached hydrogens (tertiary/aromatic N) is 1. The third-order valence-corrected chi connectivity index (χ3v) is 3.34. The molecule has 0 aliphatic carbocycles. The molecule has 0 aromatic rings. The molecule has 2 N–H and O–H groups in total. The minimum Gasteiger partial charge on any atom is -0.481 e. The van der Waals surface area contributed by atoms with E-state index in [-0.39, 0.29) is 17.7 Å². The summed E-state index contributed by atoms with van der Waals surface area (Å²) in [5.41, 5.74) is -0.323. The van der Waals surface area contributed by atoms with E-state index in [4.69, 9.17) is 5.11 Å². The van der Waals surface area contributed by atoms with Gasteiger partial charge in [-0.25, -0.2) is 0 Å². The van der Waals surface area contributed by atoms with Crippen molar-refractivity contribution in [1.82, 2.24) is 10.2 Å². The van der Waals surface area contributed by atoms with E-state index >= 15 is 0 Å². The van der Waals surface area contributed by atoms with Crippen molar-refractivity contribution in [2.24, 2.45) is 5.41 Å². The van der Waals surface area contributed by atoms with Gasteiger partial charge in [0.1, 0.15) is 0 Å². The Morgan fingerprint density at radius 1 is 1.47 bits per heavy atom. The van der Waals surface area contributed by atoms with Crippen LogP contribution < -0.4 is 5.32 Å². The number of carbonyl (C=O) groups excluding carboxylic acids is 1. The van der Waals surface area contributed by atoms with Gasteiger partial charge in [-0.1, -0.05) is 0 Å². The first-order chi connectivity index (χ1) is 7.96. The van der Waals surface area contributed by atoms with Crippen LogP contribution in [0.5, 0.6) is 0 Å². The summed E-state index contributed by atoms with van der Waals surface area (Å²) in [5.74, 6) is -0.688. The number of carboxylic acid groups (broad SMARTS) is 1.